The summed E-state index contributed by atoms with van der Waals surface area (Å²) in [7, 11) is 0. The van der Waals surface area contributed by atoms with Gasteiger partial charge >= 0.3 is 0 Å². The topological polar surface area (TPSA) is 75.5 Å². The highest BCUT2D eigenvalue weighted by Gasteiger charge is 2.29. The average Bonchev–Trinajstić information content (AvgIpc) is 1.82. The van der Waals surface area contributed by atoms with Crippen molar-refractivity contribution in [3.63, 3.8) is 0 Å². The monoisotopic (exact) mass is 131 g/mol. The van der Waals surface area contributed by atoms with E-state index < -0.39 is 5.79 Å². The summed E-state index contributed by atoms with van der Waals surface area (Å²) in [6.07, 6.45) is 1.56. The molecule has 0 aromatic rings. The van der Waals surface area contributed by atoms with Gasteiger partial charge in [0, 0.05) is 12.8 Å². The summed E-state index contributed by atoms with van der Waals surface area (Å²) in [4.78, 5) is 0. The fraction of sp³-hybridized carbons (Fsp3) is 0.667. The number of hydrogen-bond donors (Lipinski definition) is 3. The first-order valence-electron chi connectivity index (χ1n) is 2.71. The van der Waals surface area contributed by atoms with Gasteiger partial charge in [0.1, 0.15) is 0 Å². The first-order valence-corrected chi connectivity index (χ1v) is 2.71. The molecule has 0 saturated heterocycles. The highest BCUT2D eigenvalue weighted by molar-refractivity contribution is 5.04. The van der Waals surface area contributed by atoms with Gasteiger partial charge in [0.2, 0.25) is 0 Å². The molecule has 0 heterocycles. The molecule has 0 amide bonds. The Bertz CT molecular complexity index is 120. The van der Waals surface area contributed by atoms with Crippen LogP contribution in [0.4, 0.5) is 0 Å². The van der Waals surface area contributed by atoms with Crippen LogP contribution in [0.2, 0.25) is 0 Å². The molecule has 1 saturated carbocycles. The predicted octanol–water partition coefficient (Wildman–Crippen LogP) is 0.569. The summed E-state index contributed by atoms with van der Waals surface area (Å²) in [6.45, 7) is 3.63. The van der Waals surface area contributed by atoms with E-state index in [9.17, 15) is 0 Å². The van der Waals surface area contributed by atoms with E-state index in [0.717, 1.165) is 12.0 Å². The second-order valence-electron chi connectivity index (χ2n) is 2.41. The largest absolute Gasteiger partial charge is 0.365 e. The normalized spacial score (nSPS) is 23.6. The van der Waals surface area contributed by atoms with E-state index in [-0.39, 0.29) is 6.15 Å². The zero-order valence-electron chi connectivity index (χ0n) is 5.43. The zero-order chi connectivity index (χ0) is 6.20. The van der Waals surface area contributed by atoms with Crippen molar-refractivity contribution in [1.29, 1.82) is 0 Å². The molecule has 0 bridgehead atoms. The van der Waals surface area contributed by atoms with Crippen molar-refractivity contribution in [3.8, 4) is 0 Å². The van der Waals surface area contributed by atoms with Crippen LogP contribution in [0.5, 0.6) is 0 Å². The van der Waals surface area contributed by atoms with Crippen LogP contribution < -0.4 is 6.15 Å². The number of rotatable bonds is 0. The van der Waals surface area contributed by atoms with Gasteiger partial charge in [-0.2, -0.15) is 0 Å². The van der Waals surface area contributed by atoms with E-state index in [2.05, 4.69) is 6.58 Å². The zero-order valence-corrected chi connectivity index (χ0v) is 5.43. The molecule has 54 valence electrons. The Kier molecular flexibility index (Phi) is 2.37. The second-order valence-corrected chi connectivity index (χ2v) is 2.41. The number of hydrogen-bond acceptors (Lipinski definition) is 3. The quantitative estimate of drug-likeness (QED) is 0.332. The summed E-state index contributed by atoms with van der Waals surface area (Å²) in [5.41, 5.74) is 0.940. The van der Waals surface area contributed by atoms with Crippen molar-refractivity contribution in [2.24, 2.45) is 0 Å². The molecular weight excluding hydrogens is 118 g/mol. The highest BCUT2D eigenvalue weighted by atomic mass is 16.5. The van der Waals surface area contributed by atoms with Gasteiger partial charge in [0.25, 0.3) is 0 Å². The van der Waals surface area contributed by atoms with Crippen LogP contribution in [0.1, 0.15) is 19.3 Å². The summed E-state index contributed by atoms with van der Waals surface area (Å²) in [6, 6.07) is 0. The minimum absolute atomic E-state index is 0. The standard InChI is InChI=1S/C6H10O2.H3N/c1-5-2-3-6(7,8)4-5;/h7-8H,1-4H2;1H3. The van der Waals surface area contributed by atoms with Crippen molar-refractivity contribution in [3.05, 3.63) is 12.2 Å². The summed E-state index contributed by atoms with van der Waals surface area (Å²) in [5, 5.41) is 17.7. The smallest absolute Gasteiger partial charge is 0.166 e. The lowest BCUT2D eigenvalue weighted by Gasteiger charge is -2.11. The summed E-state index contributed by atoms with van der Waals surface area (Å²) < 4.78 is 0. The minimum atomic E-state index is -1.43. The second kappa shape index (κ2) is 2.47. The van der Waals surface area contributed by atoms with Crippen molar-refractivity contribution in [2.75, 3.05) is 0 Å². The summed E-state index contributed by atoms with van der Waals surface area (Å²) >= 11 is 0. The Hall–Kier alpha value is -0.380. The third-order valence-corrected chi connectivity index (χ3v) is 1.41. The Labute approximate surface area is 54.6 Å². The summed E-state index contributed by atoms with van der Waals surface area (Å²) in [5.74, 6) is -1.43. The molecule has 0 atom stereocenters. The maximum atomic E-state index is 8.86. The molecule has 0 aromatic carbocycles. The van der Waals surface area contributed by atoms with Gasteiger partial charge in [-0.1, -0.05) is 12.2 Å². The minimum Gasteiger partial charge on any atom is -0.365 e. The fourth-order valence-electron chi connectivity index (χ4n) is 0.954. The van der Waals surface area contributed by atoms with E-state index in [1.54, 1.807) is 0 Å². The first kappa shape index (κ1) is 8.62. The Morgan fingerprint density at radius 2 is 2.00 bits per heavy atom. The lowest BCUT2D eigenvalue weighted by molar-refractivity contribution is -0.150. The fourth-order valence-corrected chi connectivity index (χ4v) is 0.954. The van der Waals surface area contributed by atoms with Crippen LogP contribution in [0.25, 0.3) is 0 Å². The van der Waals surface area contributed by atoms with Crippen LogP contribution in [0.15, 0.2) is 12.2 Å². The Morgan fingerprint density at radius 3 is 2.11 bits per heavy atom. The van der Waals surface area contributed by atoms with E-state index in [0.29, 0.717) is 12.8 Å². The molecule has 0 aromatic heterocycles. The van der Waals surface area contributed by atoms with Gasteiger partial charge in [0.15, 0.2) is 5.79 Å². The van der Waals surface area contributed by atoms with Crippen LogP contribution in [0, 0.1) is 0 Å². The molecule has 1 aliphatic carbocycles. The lowest BCUT2D eigenvalue weighted by Crippen LogP contribution is -2.22. The van der Waals surface area contributed by atoms with Crippen LogP contribution in [-0.2, 0) is 0 Å². The molecule has 3 nitrogen and oxygen atoms in total. The highest BCUT2D eigenvalue weighted by Crippen LogP contribution is 2.29. The first-order chi connectivity index (χ1) is 3.60. The maximum Gasteiger partial charge on any atom is 0.166 e. The van der Waals surface area contributed by atoms with Crippen molar-refractivity contribution < 1.29 is 10.2 Å². The molecule has 1 rings (SSSR count). The molecule has 0 aliphatic heterocycles. The molecule has 1 fully saturated rings. The van der Waals surface area contributed by atoms with E-state index >= 15 is 0 Å². The van der Waals surface area contributed by atoms with E-state index in [1.807, 2.05) is 0 Å². The van der Waals surface area contributed by atoms with Gasteiger partial charge in [-0.05, 0) is 6.42 Å². The van der Waals surface area contributed by atoms with E-state index in [1.165, 1.54) is 0 Å². The third-order valence-electron chi connectivity index (χ3n) is 1.41. The molecule has 3 heteroatoms. The van der Waals surface area contributed by atoms with Crippen LogP contribution in [0.3, 0.4) is 0 Å². The van der Waals surface area contributed by atoms with Crippen molar-refractivity contribution >= 4 is 0 Å². The van der Waals surface area contributed by atoms with Crippen LogP contribution in [-0.4, -0.2) is 16.0 Å². The Balaban J connectivity index is 0.000000640. The molecule has 1 aliphatic rings. The molecule has 0 unspecified atom stereocenters. The van der Waals surface area contributed by atoms with Gasteiger partial charge in [-0.15, -0.1) is 0 Å². The average molecular weight is 131 g/mol. The van der Waals surface area contributed by atoms with Gasteiger partial charge in [-0.25, -0.2) is 0 Å². The SMILES string of the molecule is C=C1CCC(O)(O)C1.N. The Morgan fingerprint density at radius 1 is 1.44 bits per heavy atom. The van der Waals surface area contributed by atoms with Gasteiger partial charge < -0.3 is 16.4 Å². The van der Waals surface area contributed by atoms with Crippen LogP contribution >= 0.6 is 0 Å². The third kappa shape index (κ3) is 2.13. The molecule has 0 radical (unpaired) electrons. The van der Waals surface area contributed by atoms with Gasteiger partial charge in [-0.3, -0.25) is 0 Å². The van der Waals surface area contributed by atoms with E-state index in [4.69, 9.17) is 10.2 Å². The van der Waals surface area contributed by atoms with Gasteiger partial charge in [0.05, 0.1) is 0 Å². The molecular formula is C6H13NO2. The molecule has 9 heavy (non-hydrogen) atoms. The maximum absolute atomic E-state index is 8.86. The molecule has 5 N–H and O–H groups in total. The van der Waals surface area contributed by atoms with Crippen molar-refractivity contribution in [1.82, 2.24) is 6.15 Å². The number of aliphatic hydroxyl groups is 2. The molecule has 0 spiro atoms. The predicted molar refractivity (Wildman–Crippen MR) is 35.2 cm³/mol. The lowest BCUT2D eigenvalue weighted by atomic mass is 10.2. The van der Waals surface area contributed by atoms with Crippen molar-refractivity contribution in [2.45, 2.75) is 25.0 Å².